The number of rotatable bonds is 3. The van der Waals surface area contributed by atoms with Gasteiger partial charge in [0.05, 0.1) is 0 Å². The maximum absolute atomic E-state index is 6.38. The van der Waals surface area contributed by atoms with Crippen LogP contribution in [0.1, 0.15) is 30.0 Å². The molecule has 1 heterocycles. The Morgan fingerprint density at radius 3 is 2.44 bits per heavy atom. The standard InChI is InChI=1S/C25H25NO/c1-5-8-18-11-13-21-23(15-18)27-24-16-19(26(3)4)12-14-22(24)25(21)20-10-7-6-9-17(20)2/h6-16H,5H2,1-4H3/b18-8-. The summed E-state index contributed by atoms with van der Waals surface area (Å²) >= 11 is 0. The van der Waals surface area contributed by atoms with Gasteiger partial charge in [-0.3, -0.25) is 0 Å². The third-order valence-electron chi connectivity index (χ3n) is 5.10. The highest BCUT2D eigenvalue weighted by molar-refractivity contribution is 5.87. The SMILES string of the molecule is CC/C=c1/ccc2c(c1)Oc1cc(N(C)C)ccc1C=2c1ccccc1C. The van der Waals surface area contributed by atoms with E-state index in [1.807, 2.05) is 0 Å². The summed E-state index contributed by atoms with van der Waals surface area (Å²) in [7, 11) is 4.11. The van der Waals surface area contributed by atoms with E-state index in [0.717, 1.165) is 34.4 Å². The van der Waals surface area contributed by atoms with Crippen LogP contribution in [-0.2, 0) is 0 Å². The number of hydrogen-bond acceptors (Lipinski definition) is 2. The lowest BCUT2D eigenvalue weighted by Crippen LogP contribution is -2.20. The van der Waals surface area contributed by atoms with E-state index in [1.165, 1.54) is 21.9 Å². The molecule has 0 saturated carbocycles. The zero-order valence-corrected chi connectivity index (χ0v) is 16.4. The van der Waals surface area contributed by atoms with Crippen molar-refractivity contribution in [1.82, 2.24) is 0 Å². The molecule has 3 aromatic carbocycles. The Labute approximate surface area is 161 Å². The molecule has 0 aromatic heterocycles. The van der Waals surface area contributed by atoms with Crippen LogP contribution in [-0.4, -0.2) is 14.1 Å². The molecular weight excluding hydrogens is 330 g/mol. The van der Waals surface area contributed by atoms with Gasteiger partial charge in [-0.05, 0) is 54.0 Å². The first-order valence-corrected chi connectivity index (χ1v) is 9.48. The van der Waals surface area contributed by atoms with E-state index in [0.29, 0.717) is 0 Å². The van der Waals surface area contributed by atoms with E-state index in [4.69, 9.17) is 4.74 Å². The van der Waals surface area contributed by atoms with Crippen LogP contribution in [0, 0.1) is 6.92 Å². The van der Waals surface area contributed by atoms with Crippen molar-refractivity contribution in [3.8, 4) is 11.5 Å². The normalized spacial score (nSPS) is 13.0. The molecule has 1 aliphatic rings. The fourth-order valence-corrected chi connectivity index (χ4v) is 3.68. The van der Waals surface area contributed by atoms with Crippen LogP contribution >= 0.6 is 0 Å². The van der Waals surface area contributed by atoms with E-state index < -0.39 is 0 Å². The van der Waals surface area contributed by atoms with Gasteiger partial charge in [0.2, 0.25) is 0 Å². The molecule has 3 aromatic rings. The molecule has 1 aliphatic heterocycles. The number of benzene rings is 3. The molecule has 0 bridgehead atoms. The molecule has 0 atom stereocenters. The van der Waals surface area contributed by atoms with Crippen LogP contribution in [0.5, 0.6) is 11.5 Å². The van der Waals surface area contributed by atoms with Crippen molar-refractivity contribution < 1.29 is 4.74 Å². The first-order valence-electron chi connectivity index (χ1n) is 9.48. The van der Waals surface area contributed by atoms with Crippen molar-refractivity contribution in [2.75, 3.05) is 19.0 Å². The third-order valence-corrected chi connectivity index (χ3v) is 5.10. The van der Waals surface area contributed by atoms with E-state index in [2.05, 4.69) is 99.6 Å². The van der Waals surface area contributed by atoms with Gasteiger partial charge in [0, 0.05) is 42.2 Å². The Morgan fingerprint density at radius 2 is 1.70 bits per heavy atom. The zero-order chi connectivity index (χ0) is 19.0. The van der Waals surface area contributed by atoms with E-state index in [-0.39, 0.29) is 0 Å². The Balaban J connectivity index is 2.07. The predicted molar refractivity (Wildman–Crippen MR) is 114 cm³/mol. The van der Waals surface area contributed by atoms with Crippen molar-refractivity contribution in [2.24, 2.45) is 0 Å². The van der Waals surface area contributed by atoms with Gasteiger partial charge in [0.15, 0.2) is 0 Å². The van der Waals surface area contributed by atoms with Gasteiger partial charge in [-0.1, -0.05) is 43.3 Å². The molecule has 0 fully saturated rings. The lowest BCUT2D eigenvalue weighted by atomic mass is 9.90. The average Bonchev–Trinajstić information content (AvgIpc) is 2.66. The summed E-state index contributed by atoms with van der Waals surface area (Å²) in [6, 6.07) is 21.6. The molecule has 136 valence electrons. The molecule has 0 aliphatic carbocycles. The topological polar surface area (TPSA) is 12.5 Å². The van der Waals surface area contributed by atoms with Crippen molar-refractivity contribution in [3.05, 3.63) is 87.8 Å². The highest BCUT2D eigenvalue weighted by atomic mass is 16.5. The molecule has 0 N–H and O–H groups in total. The highest BCUT2D eigenvalue weighted by Crippen LogP contribution is 2.38. The quantitative estimate of drug-likeness (QED) is 0.532. The fraction of sp³-hybridized carbons (Fsp3) is 0.200. The summed E-state index contributed by atoms with van der Waals surface area (Å²) in [4.78, 5) is 2.11. The Bertz CT molecular complexity index is 1130. The number of ether oxygens (including phenoxy) is 1. The molecule has 0 radical (unpaired) electrons. The first kappa shape index (κ1) is 17.4. The third kappa shape index (κ3) is 3.12. The van der Waals surface area contributed by atoms with Crippen molar-refractivity contribution in [3.63, 3.8) is 0 Å². The highest BCUT2D eigenvalue weighted by Gasteiger charge is 2.21. The molecule has 2 heteroatoms. The van der Waals surface area contributed by atoms with Crippen molar-refractivity contribution >= 4 is 17.3 Å². The zero-order valence-electron chi connectivity index (χ0n) is 16.4. The van der Waals surface area contributed by atoms with Gasteiger partial charge in [0.25, 0.3) is 0 Å². The van der Waals surface area contributed by atoms with Gasteiger partial charge < -0.3 is 9.64 Å². The monoisotopic (exact) mass is 355 g/mol. The molecule has 0 spiro atoms. The number of anilines is 1. The molecule has 2 nitrogen and oxygen atoms in total. The molecule has 4 rings (SSSR count). The number of hydrogen-bond donors (Lipinski definition) is 0. The van der Waals surface area contributed by atoms with Crippen LogP contribution in [0.3, 0.4) is 0 Å². The molecule has 0 saturated heterocycles. The largest absolute Gasteiger partial charge is 0.456 e. The van der Waals surface area contributed by atoms with Crippen molar-refractivity contribution in [1.29, 1.82) is 0 Å². The van der Waals surface area contributed by atoms with Crippen LogP contribution in [0.2, 0.25) is 0 Å². The van der Waals surface area contributed by atoms with Crippen molar-refractivity contribution in [2.45, 2.75) is 20.3 Å². The summed E-state index contributed by atoms with van der Waals surface area (Å²) in [5.41, 5.74) is 6.06. The minimum absolute atomic E-state index is 0.917. The Kier molecular flexibility index (Phi) is 4.49. The fourth-order valence-electron chi connectivity index (χ4n) is 3.68. The van der Waals surface area contributed by atoms with Gasteiger partial charge >= 0.3 is 0 Å². The molecule has 27 heavy (non-hydrogen) atoms. The molecule has 0 unspecified atom stereocenters. The number of nitrogens with zero attached hydrogens (tertiary/aromatic N) is 1. The van der Waals surface area contributed by atoms with Gasteiger partial charge in [-0.15, -0.1) is 0 Å². The smallest absolute Gasteiger partial charge is 0.137 e. The van der Waals surface area contributed by atoms with E-state index in [1.54, 1.807) is 0 Å². The van der Waals surface area contributed by atoms with E-state index >= 15 is 0 Å². The number of fused-ring (bicyclic) bond motifs is 2. The lowest BCUT2D eigenvalue weighted by Gasteiger charge is -2.24. The maximum Gasteiger partial charge on any atom is 0.137 e. The summed E-state index contributed by atoms with van der Waals surface area (Å²) in [6.07, 6.45) is 3.23. The van der Waals surface area contributed by atoms with Crippen LogP contribution < -0.4 is 20.1 Å². The van der Waals surface area contributed by atoms with Crippen LogP contribution in [0.4, 0.5) is 5.69 Å². The first-order chi connectivity index (χ1) is 13.1. The lowest BCUT2D eigenvalue weighted by molar-refractivity contribution is 0.472. The summed E-state index contributed by atoms with van der Waals surface area (Å²) in [6.45, 7) is 4.33. The summed E-state index contributed by atoms with van der Waals surface area (Å²) in [5, 5.41) is 2.36. The minimum Gasteiger partial charge on any atom is -0.456 e. The summed E-state index contributed by atoms with van der Waals surface area (Å²) in [5.74, 6) is 1.85. The van der Waals surface area contributed by atoms with Gasteiger partial charge in [0.1, 0.15) is 11.5 Å². The minimum atomic E-state index is 0.917. The van der Waals surface area contributed by atoms with Gasteiger partial charge in [-0.2, -0.15) is 0 Å². The second-order valence-corrected chi connectivity index (χ2v) is 7.23. The Hall–Kier alpha value is -3.00. The second-order valence-electron chi connectivity index (χ2n) is 7.23. The summed E-state index contributed by atoms with van der Waals surface area (Å²) < 4.78 is 6.38. The Morgan fingerprint density at radius 1 is 0.889 bits per heavy atom. The van der Waals surface area contributed by atoms with Gasteiger partial charge in [-0.25, -0.2) is 0 Å². The van der Waals surface area contributed by atoms with E-state index in [9.17, 15) is 0 Å². The maximum atomic E-state index is 6.38. The molecule has 0 amide bonds. The number of aryl methyl sites for hydroxylation is 1. The average molecular weight is 355 g/mol. The molecular formula is C25H25NO. The predicted octanol–water partition coefficient (Wildman–Crippen LogP) is 4.60. The second kappa shape index (κ2) is 6.96. The van der Waals surface area contributed by atoms with Crippen LogP contribution in [0.25, 0.3) is 11.6 Å². The van der Waals surface area contributed by atoms with Crippen LogP contribution in [0.15, 0.2) is 60.7 Å².